The second kappa shape index (κ2) is 2.71. The number of hydrogen-bond donors (Lipinski definition) is 1. The van der Waals surface area contributed by atoms with E-state index in [1.807, 2.05) is 6.07 Å². The number of halogens is 2. The van der Waals surface area contributed by atoms with Gasteiger partial charge in [-0.15, -0.1) is 0 Å². The molecule has 0 unspecified atom stereocenters. The molecule has 0 aromatic heterocycles. The van der Waals surface area contributed by atoms with E-state index in [4.69, 9.17) is 11.6 Å². The summed E-state index contributed by atoms with van der Waals surface area (Å²) in [6, 6.07) is 5.03. The van der Waals surface area contributed by atoms with E-state index in [9.17, 15) is 4.39 Å². The van der Waals surface area contributed by atoms with Gasteiger partial charge in [-0.25, -0.2) is 4.39 Å². The summed E-state index contributed by atoms with van der Waals surface area (Å²) in [5.74, 6) is 0.488. The van der Waals surface area contributed by atoms with Crippen molar-refractivity contribution in [1.29, 1.82) is 0 Å². The molecule has 1 saturated heterocycles. The van der Waals surface area contributed by atoms with Crippen molar-refractivity contribution in [3.8, 4) is 0 Å². The predicted molar refractivity (Wildman–Crippen MR) is 54.1 cm³/mol. The molecule has 3 heteroatoms. The van der Waals surface area contributed by atoms with Crippen molar-refractivity contribution in [1.82, 2.24) is 5.32 Å². The summed E-state index contributed by atoms with van der Waals surface area (Å²) >= 11 is 5.73. The van der Waals surface area contributed by atoms with Gasteiger partial charge in [0.05, 0.1) is 0 Å². The molecule has 1 aliphatic heterocycles. The number of rotatable bonds is 1. The Morgan fingerprint density at radius 1 is 1.50 bits per heavy atom. The monoisotopic (exact) mass is 211 g/mol. The molecule has 3 rings (SSSR count). The summed E-state index contributed by atoms with van der Waals surface area (Å²) in [5, 5.41) is 3.78. The van der Waals surface area contributed by atoms with Gasteiger partial charge in [-0.05, 0) is 36.6 Å². The van der Waals surface area contributed by atoms with Crippen molar-refractivity contribution in [2.24, 2.45) is 5.92 Å². The molecular weight excluding hydrogens is 201 g/mol. The largest absolute Gasteiger partial charge is 0.316 e. The van der Waals surface area contributed by atoms with E-state index in [-0.39, 0.29) is 11.2 Å². The minimum Gasteiger partial charge on any atom is -0.316 e. The molecule has 0 amide bonds. The maximum absolute atomic E-state index is 13.7. The lowest BCUT2D eigenvalue weighted by Gasteiger charge is -2.13. The third-order valence-corrected chi connectivity index (χ3v) is 3.77. The standard InChI is InChI=1S/C11H11ClFN/c12-8-1-2-9(10(13)3-8)11-4-7(11)5-14-6-11/h1-3,7,14H,4-6H2/t7-,11-/m1/s1. The highest BCUT2D eigenvalue weighted by molar-refractivity contribution is 6.30. The van der Waals surface area contributed by atoms with Crippen LogP contribution in [0.5, 0.6) is 0 Å². The third-order valence-electron chi connectivity index (χ3n) is 3.53. The van der Waals surface area contributed by atoms with Crippen LogP contribution in [0.3, 0.4) is 0 Å². The predicted octanol–water partition coefficient (Wildman–Crippen LogP) is 2.34. The molecule has 1 aromatic carbocycles. The van der Waals surface area contributed by atoms with Crippen LogP contribution >= 0.6 is 11.6 Å². The maximum atomic E-state index is 13.7. The highest BCUT2D eigenvalue weighted by atomic mass is 35.5. The first kappa shape index (κ1) is 8.69. The van der Waals surface area contributed by atoms with Gasteiger partial charge in [-0.1, -0.05) is 17.7 Å². The van der Waals surface area contributed by atoms with E-state index in [0.29, 0.717) is 10.9 Å². The van der Waals surface area contributed by atoms with Gasteiger partial charge in [0.2, 0.25) is 0 Å². The van der Waals surface area contributed by atoms with Gasteiger partial charge in [0, 0.05) is 17.0 Å². The average molecular weight is 212 g/mol. The Morgan fingerprint density at radius 3 is 2.93 bits per heavy atom. The van der Waals surface area contributed by atoms with Crippen molar-refractivity contribution in [2.45, 2.75) is 11.8 Å². The number of fused-ring (bicyclic) bond motifs is 1. The molecule has 1 nitrogen and oxygen atoms in total. The second-order valence-electron chi connectivity index (χ2n) is 4.31. The van der Waals surface area contributed by atoms with E-state index >= 15 is 0 Å². The molecule has 0 spiro atoms. The molecule has 1 heterocycles. The van der Waals surface area contributed by atoms with Gasteiger partial charge in [0.15, 0.2) is 0 Å². The molecular formula is C11H11ClFN. The van der Waals surface area contributed by atoms with Gasteiger partial charge >= 0.3 is 0 Å². The Kier molecular flexibility index (Phi) is 1.68. The van der Waals surface area contributed by atoms with Crippen molar-refractivity contribution in [3.63, 3.8) is 0 Å². The van der Waals surface area contributed by atoms with Crippen molar-refractivity contribution in [3.05, 3.63) is 34.6 Å². The highest BCUT2D eigenvalue weighted by Crippen LogP contribution is 2.57. The minimum atomic E-state index is -0.149. The van der Waals surface area contributed by atoms with E-state index < -0.39 is 0 Å². The van der Waals surface area contributed by atoms with Crippen molar-refractivity contribution < 1.29 is 4.39 Å². The molecule has 0 radical (unpaired) electrons. The Hall–Kier alpha value is -0.600. The van der Waals surface area contributed by atoms with Crippen LogP contribution in [0.2, 0.25) is 5.02 Å². The molecule has 2 atom stereocenters. The average Bonchev–Trinajstić information content (AvgIpc) is 2.69. The van der Waals surface area contributed by atoms with E-state index in [1.54, 1.807) is 6.07 Å². The summed E-state index contributed by atoms with van der Waals surface area (Å²) in [5.41, 5.74) is 0.936. The van der Waals surface area contributed by atoms with Crippen LogP contribution in [0.25, 0.3) is 0 Å². The topological polar surface area (TPSA) is 12.0 Å². The van der Waals surface area contributed by atoms with Gasteiger partial charge in [-0.2, -0.15) is 0 Å². The summed E-state index contributed by atoms with van der Waals surface area (Å²) in [7, 11) is 0. The molecule has 74 valence electrons. The zero-order chi connectivity index (χ0) is 9.76. The fraction of sp³-hybridized carbons (Fsp3) is 0.455. The summed E-state index contributed by atoms with van der Waals surface area (Å²) in [6.45, 7) is 1.94. The number of hydrogen-bond acceptors (Lipinski definition) is 1. The lowest BCUT2D eigenvalue weighted by atomic mass is 9.95. The van der Waals surface area contributed by atoms with Crippen molar-refractivity contribution in [2.75, 3.05) is 13.1 Å². The van der Waals surface area contributed by atoms with Gasteiger partial charge in [0.25, 0.3) is 0 Å². The smallest absolute Gasteiger partial charge is 0.128 e. The summed E-state index contributed by atoms with van der Waals surface area (Å²) in [6.07, 6.45) is 1.12. The minimum absolute atomic E-state index is 0.0919. The first-order valence-corrected chi connectivity index (χ1v) is 5.26. The zero-order valence-corrected chi connectivity index (χ0v) is 8.44. The first-order chi connectivity index (χ1) is 6.72. The number of piperidine rings is 1. The molecule has 2 aliphatic rings. The zero-order valence-electron chi connectivity index (χ0n) is 7.69. The third kappa shape index (κ3) is 1.04. The molecule has 14 heavy (non-hydrogen) atoms. The van der Waals surface area contributed by atoms with Crippen LogP contribution in [-0.4, -0.2) is 13.1 Å². The van der Waals surface area contributed by atoms with Crippen LogP contribution in [0.4, 0.5) is 4.39 Å². The SMILES string of the molecule is Fc1cc(Cl)ccc1[C@]12CNC[C@H]1C2. The van der Waals surface area contributed by atoms with E-state index in [2.05, 4.69) is 5.32 Å². The molecule has 1 aliphatic carbocycles. The highest BCUT2D eigenvalue weighted by Gasteiger charge is 2.59. The van der Waals surface area contributed by atoms with Crippen LogP contribution in [0.15, 0.2) is 18.2 Å². The van der Waals surface area contributed by atoms with Crippen LogP contribution in [0, 0.1) is 11.7 Å². The molecule has 1 saturated carbocycles. The fourth-order valence-electron chi connectivity index (χ4n) is 2.65. The normalized spacial score (nSPS) is 34.3. The number of benzene rings is 1. The summed E-state index contributed by atoms with van der Waals surface area (Å²) in [4.78, 5) is 0. The molecule has 2 fully saturated rings. The lowest BCUT2D eigenvalue weighted by molar-refractivity contribution is 0.569. The van der Waals surface area contributed by atoms with Crippen LogP contribution < -0.4 is 5.32 Å². The van der Waals surface area contributed by atoms with E-state index in [1.165, 1.54) is 6.07 Å². The number of nitrogens with one attached hydrogen (secondary N) is 1. The Bertz CT molecular complexity index is 393. The quantitative estimate of drug-likeness (QED) is 0.752. The van der Waals surface area contributed by atoms with Crippen molar-refractivity contribution >= 4 is 11.6 Å². The first-order valence-electron chi connectivity index (χ1n) is 4.89. The Morgan fingerprint density at radius 2 is 2.36 bits per heavy atom. The van der Waals surface area contributed by atoms with Gasteiger partial charge in [0.1, 0.15) is 5.82 Å². The van der Waals surface area contributed by atoms with Gasteiger partial charge in [-0.3, -0.25) is 0 Å². The molecule has 0 bridgehead atoms. The fourth-order valence-corrected chi connectivity index (χ4v) is 2.81. The maximum Gasteiger partial charge on any atom is 0.128 e. The second-order valence-corrected chi connectivity index (χ2v) is 4.75. The molecule has 1 aromatic rings. The van der Waals surface area contributed by atoms with Gasteiger partial charge < -0.3 is 5.32 Å². The van der Waals surface area contributed by atoms with Crippen LogP contribution in [0.1, 0.15) is 12.0 Å². The Labute approximate surface area is 87.3 Å². The lowest BCUT2D eigenvalue weighted by Crippen LogP contribution is -2.20. The Balaban J connectivity index is 2.05. The van der Waals surface area contributed by atoms with Crippen LogP contribution in [-0.2, 0) is 5.41 Å². The van der Waals surface area contributed by atoms with E-state index in [0.717, 1.165) is 25.1 Å². The summed E-state index contributed by atoms with van der Waals surface area (Å²) < 4.78 is 13.7. The molecule has 1 N–H and O–H groups in total.